The summed E-state index contributed by atoms with van der Waals surface area (Å²) >= 11 is 0. The molecule has 0 aromatic heterocycles. The normalized spacial score (nSPS) is 17.0. The molecular weight excluding hydrogens is 283 g/mol. The first-order chi connectivity index (χ1) is 2.56. The summed E-state index contributed by atoms with van der Waals surface area (Å²) in [5.74, 6) is 0. The molecule has 0 aliphatic heterocycles. The first-order valence-corrected chi connectivity index (χ1v) is 4.09. The number of hydrogen-bond acceptors (Lipinski definition) is 2. The van der Waals surface area contributed by atoms with E-state index in [0.29, 0.717) is 0 Å². The van der Waals surface area contributed by atoms with Gasteiger partial charge in [0.25, 0.3) is 0 Å². The van der Waals surface area contributed by atoms with Crippen molar-refractivity contribution in [2.45, 2.75) is 6.92 Å². The van der Waals surface area contributed by atoms with E-state index in [0.717, 1.165) is 0 Å². The summed E-state index contributed by atoms with van der Waals surface area (Å²) in [6, 6.07) is 0. The van der Waals surface area contributed by atoms with Gasteiger partial charge in [0.2, 0.25) is 0 Å². The minimum atomic E-state index is -2.90. The Hall–Kier alpha value is 0.878. The minimum absolute atomic E-state index is 0. The molecule has 0 aromatic rings. The first kappa shape index (κ1) is 10.8. The van der Waals surface area contributed by atoms with Gasteiger partial charge in [-0.25, -0.2) is 0 Å². The molecule has 4 heteroatoms. The van der Waals surface area contributed by atoms with Crippen molar-refractivity contribution in [3.63, 3.8) is 0 Å². The van der Waals surface area contributed by atoms with E-state index in [4.69, 9.17) is 0 Å². The van der Waals surface area contributed by atoms with Crippen LogP contribution in [0.1, 0.15) is 6.92 Å². The maximum absolute atomic E-state index is 10.0. The largest absolute Gasteiger partial charge is 0.799 e. The summed E-state index contributed by atoms with van der Waals surface area (Å²) in [7, 11) is -2.90. The molecule has 0 saturated heterocycles. The van der Waals surface area contributed by atoms with E-state index in [9.17, 15) is 9.46 Å². The van der Waals surface area contributed by atoms with E-state index in [2.05, 4.69) is 0 Å². The Labute approximate surface area is 58.0 Å². The van der Waals surface area contributed by atoms with Crippen molar-refractivity contribution in [3.05, 3.63) is 0 Å². The molecule has 0 radical (unpaired) electrons. The molecule has 0 aromatic carbocycles. The van der Waals surface area contributed by atoms with Gasteiger partial charge in [0.15, 0.2) is 0 Å². The SMILES string of the molecule is CCP(C)(=O)[O-].[W]. The van der Waals surface area contributed by atoms with Crippen LogP contribution in [0.25, 0.3) is 0 Å². The third-order valence-corrected chi connectivity index (χ3v) is 1.72. The second-order valence-corrected chi connectivity index (χ2v) is 3.99. The molecule has 0 amide bonds. The molecule has 0 aliphatic carbocycles. The van der Waals surface area contributed by atoms with Gasteiger partial charge in [-0.3, -0.25) is 0 Å². The van der Waals surface area contributed by atoms with Crippen LogP contribution in [-0.4, -0.2) is 12.8 Å². The average Bonchev–Trinajstić information content (AvgIpc) is 1.35. The van der Waals surface area contributed by atoms with Crippen LogP contribution < -0.4 is 4.89 Å². The van der Waals surface area contributed by atoms with E-state index >= 15 is 0 Å². The van der Waals surface area contributed by atoms with E-state index in [-0.39, 0.29) is 27.2 Å². The van der Waals surface area contributed by atoms with E-state index in [1.54, 1.807) is 6.92 Å². The Morgan fingerprint density at radius 2 is 1.86 bits per heavy atom. The standard InChI is InChI=1S/C3H9O2P.W/c1-3-6(2,4)5;/h3H2,1-2H3,(H,4,5);/p-1. The Kier molecular flexibility index (Phi) is 5.90. The molecule has 0 aliphatic rings. The first-order valence-electron chi connectivity index (χ1n) is 1.84. The van der Waals surface area contributed by atoms with Crippen LogP contribution in [0.3, 0.4) is 0 Å². The smallest absolute Gasteiger partial charge is 0.0115 e. The maximum Gasteiger partial charge on any atom is 0.0115 e. The van der Waals surface area contributed by atoms with Gasteiger partial charge in [0.1, 0.15) is 0 Å². The van der Waals surface area contributed by atoms with Gasteiger partial charge in [-0.15, -0.1) is 0 Å². The zero-order valence-electron chi connectivity index (χ0n) is 4.38. The average molecular weight is 291 g/mol. The fraction of sp³-hybridized carbons (Fsp3) is 1.00. The summed E-state index contributed by atoms with van der Waals surface area (Å²) in [5, 5.41) is 0. The van der Waals surface area contributed by atoms with E-state index < -0.39 is 7.37 Å². The quantitative estimate of drug-likeness (QED) is 0.651. The Balaban J connectivity index is 0. The van der Waals surface area contributed by atoms with Crippen molar-refractivity contribution in [1.29, 1.82) is 0 Å². The minimum Gasteiger partial charge on any atom is -0.799 e. The molecule has 0 spiro atoms. The van der Waals surface area contributed by atoms with Crippen molar-refractivity contribution in [3.8, 4) is 0 Å². The molecule has 0 fully saturated rings. The third-order valence-electron chi connectivity index (χ3n) is 0.574. The zero-order chi connectivity index (χ0) is 5.21. The van der Waals surface area contributed by atoms with E-state index in [1.165, 1.54) is 6.66 Å². The van der Waals surface area contributed by atoms with Gasteiger partial charge in [0.05, 0.1) is 0 Å². The van der Waals surface area contributed by atoms with Gasteiger partial charge in [-0.1, -0.05) is 6.92 Å². The monoisotopic (exact) mass is 291 g/mol. The van der Waals surface area contributed by atoms with Crippen molar-refractivity contribution in [1.82, 2.24) is 0 Å². The molecule has 0 saturated carbocycles. The van der Waals surface area contributed by atoms with Gasteiger partial charge >= 0.3 is 0 Å². The second kappa shape index (κ2) is 3.83. The summed E-state index contributed by atoms with van der Waals surface area (Å²) in [6.45, 7) is 2.88. The van der Waals surface area contributed by atoms with Crippen molar-refractivity contribution in [2.24, 2.45) is 0 Å². The van der Waals surface area contributed by atoms with Crippen LogP contribution in [0, 0.1) is 0 Å². The van der Waals surface area contributed by atoms with E-state index in [1.807, 2.05) is 0 Å². The van der Waals surface area contributed by atoms with Crippen molar-refractivity contribution in [2.75, 3.05) is 12.8 Å². The number of hydrogen-bond donors (Lipinski definition) is 0. The zero-order valence-corrected chi connectivity index (χ0v) is 8.21. The molecule has 44 valence electrons. The molecular formula is C3H8O2PW-. The van der Waals surface area contributed by atoms with Crippen LogP contribution in [0.4, 0.5) is 0 Å². The summed E-state index contributed by atoms with van der Waals surface area (Å²) in [5.41, 5.74) is 0. The Morgan fingerprint density at radius 1 is 1.71 bits per heavy atom. The van der Waals surface area contributed by atoms with Crippen LogP contribution in [0.2, 0.25) is 0 Å². The molecule has 1 atom stereocenters. The molecule has 0 bridgehead atoms. The Morgan fingerprint density at radius 3 is 1.86 bits per heavy atom. The summed E-state index contributed by atoms with van der Waals surface area (Å²) in [4.78, 5) is 10.0. The van der Waals surface area contributed by atoms with Crippen LogP contribution in [0.15, 0.2) is 0 Å². The second-order valence-electron chi connectivity index (χ2n) is 1.33. The predicted molar refractivity (Wildman–Crippen MR) is 24.1 cm³/mol. The molecule has 0 N–H and O–H groups in total. The van der Waals surface area contributed by atoms with Gasteiger partial charge in [0, 0.05) is 28.4 Å². The van der Waals surface area contributed by atoms with Gasteiger partial charge in [-0.2, -0.15) is 0 Å². The number of rotatable bonds is 1. The van der Waals surface area contributed by atoms with Crippen LogP contribution in [-0.2, 0) is 25.6 Å². The fourth-order valence-corrected chi connectivity index (χ4v) is 0. The summed E-state index contributed by atoms with van der Waals surface area (Å²) < 4.78 is 10.0. The topological polar surface area (TPSA) is 40.1 Å². The van der Waals surface area contributed by atoms with Gasteiger partial charge in [-0.05, 0) is 12.8 Å². The maximum atomic E-state index is 10.0. The Bertz CT molecular complexity index is 77.0. The molecule has 2 nitrogen and oxygen atoms in total. The van der Waals surface area contributed by atoms with Crippen LogP contribution in [0.5, 0.6) is 0 Å². The third kappa shape index (κ3) is 10.9. The van der Waals surface area contributed by atoms with Crippen molar-refractivity contribution < 1.29 is 30.5 Å². The molecule has 1 unspecified atom stereocenters. The van der Waals surface area contributed by atoms with Gasteiger partial charge < -0.3 is 9.46 Å². The van der Waals surface area contributed by atoms with Crippen molar-refractivity contribution >= 4 is 7.37 Å². The molecule has 0 rings (SSSR count). The predicted octanol–water partition coefficient (Wildman–Crippen LogP) is 0.272. The fourth-order valence-electron chi connectivity index (χ4n) is 0. The summed E-state index contributed by atoms with van der Waals surface area (Å²) in [6.07, 6.45) is 0.271. The van der Waals surface area contributed by atoms with Crippen LogP contribution >= 0.6 is 7.37 Å². The molecule has 0 heterocycles. The molecule has 7 heavy (non-hydrogen) atoms.